The molecule has 0 saturated heterocycles. The van der Waals surface area contributed by atoms with Crippen molar-refractivity contribution in [3.8, 4) is 0 Å². The molecule has 0 aliphatic carbocycles. The Kier molecular flexibility index (Phi) is 48.0. The van der Waals surface area contributed by atoms with E-state index in [0.717, 1.165) is 135 Å². The Morgan fingerprint density at radius 3 is 1.00 bits per heavy atom. The van der Waals surface area contributed by atoms with Crippen molar-refractivity contribution in [2.45, 2.75) is 232 Å². The summed E-state index contributed by atoms with van der Waals surface area (Å²) in [6.45, 7) is 6.34. The van der Waals surface area contributed by atoms with Crippen LogP contribution in [0.25, 0.3) is 0 Å². The van der Waals surface area contributed by atoms with E-state index in [0.29, 0.717) is 12.8 Å². The first-order valence-electron chi connectivity index (χ1n) is 25.7. The molecule has 6 nitrogen and oxygen atoms in total. The van der Waals surface area contributed by atoms with Gasteiger partial charge in [0, 0.05) is 19.3 Å². The quantitative estimate of drug-likeness (QED) is 0.0262. The fourth-order valence-corrected chi connectivity index (χ4v) is 6.73. The number of unbranched alkanes of at least 4 members (excludes halogenated alkanes) is 18. The molecule has 0 radical (unpaired) electrons. The number of allylic oxidation sites excluding steroid dienone is 16. The highest BCUT2D eigenvalue weighted by Gasteiger charge is 2.19. The normalized spacial score (nSPS) is 12.9. The monoisotopic (exact) mass is 875 g/mol. The summed E-state index contributed by atoms with van der Waals surface area (Å²) in [4.78, 5) is 38.0. The first kappa shape index (κ1) is 59.3. The summed E-state index contributed by atoms with van der Waals surface area (Å²) in [6, 6.07) is 0. The number of hydrogen-bond donors (Lipinski definition) is 0. The van der Waals surface area contributed by atoms with E-state index in [-0.39, 0.29) is 37.5 Å². The lowest BCUT2D eigenvalue weighted by atomic mass is 10.1. The summed E-state index contributed by atoms with van der Waals surface area (Å²) in [7, 11) is 0. The zero-order valence-electron chi connectivity index (χ0n) is 40.8. The van der Waals surface area contributed by atoms with E-state index in [4.69, 9.17) is 14.2 Å². The number of carbonyl (C=O) groups is 3. The molecule has 0 aromatic heterocycles. The second-order valence-corrected chi connectivity index (χ2v) is 16.7. The molecule has 1 atom stereocenters. The van der Waals surface area contributed by atoms with Crippen LogP contribution in [0.2, 0.25) is 0 Å². The minimum absolute atomic E-state index is 0.0995. The van der Waals surface area contributed by atoms with Gasteiger partial charge in [0.2, 0.25) is 0 Å². The molecule has 0 spiro atoms. The Balaban J connectivity index is 4.44. The van der Waals surface area contributed by atoms with Gasteiger partial charge in [-0.2, -0.15) is 0 Å². The molecule has 1 unspecified atom stereocenters. The van der Waals surface area contributed by atoms with Crippen molar-refractivity contribution in [1.82, 2.24) is 0 Å². The second-order valence-electron chi connectivity index (χ2n) is 16.7. The average Bonchev–Trinajstić information content (AvgIpc) is 3.28. The van der Waals surface area contributed by atoms with Crippen LogP contribution in [0.5, 0.6) is 0 Å². The zero-order valence-corrected chi connectivity index (χ0v) is 40.8. The van der Waals surface area contributed by atoms with Crippen molar-refractivity contribution >= 4 is 17.9 Å². The van der Waals surface area contributed by atoms with Crippen LogP contribution in [-0.2, 0) is 28.6 Å². The van der Waals surface area contributed by atoms with Gasteiger partial charge in [-0.25, -0.2) is 0 Å². The van der Waals surface area contributed by atoms with Gasteiger partial charge in [-0.15, -0.1) is 0 Å². The predicted molar refractivity (Wildman–Crippen MR) is 270 cm³/mol. The summed E-state index contributed by atoms with van der Waals surface area (Å²) in [5.74, 6) is -0.956. The molecule has 6 heteroatoms. The molecule has 0 bridgehead atoms. The Morgan fingerprint density at radius 2 is 0.619 bits per heavy atom. The Bertz CT molecular complexity index is 1280. The molecular weight excluding hydrogens is 781 g/mol. The van der Waals surface area contributed by atoms with Crippen LogP contribution < -0.4 is 0 Å². The minimum Gasteiger partial charge on any atom is -0.462 e. The second kappa shape index (κ2) is 51.0. The fourth-order valence-electron chi connectivity index (χ4n) is 6.73. The smallest absolute Gasteiger partial charge is 0.306 e. The Hall–Kier alpha value is -3.67. The Morgan fingerprint density at radius 1 is 0.333 bits per heavy atom. The zero-order chi connectivity index (χ0) is 45.8. The predicted octanol–water partition coefficient (Wildman–Crippen LogP) is 17.0. The highest BCUT2D eigenvalue weighted by molar-refractivity contribution is 5.71. The van der Waals surface area contributed by atoms with Gasteiger partial charge >= 0.3 is 17.9 Å². The van der Waals surface area contributed by atoms with E-state index in [1.807, 2.05) is 0 Å². The summed E-state index contributed by atoms with van der Waals surface area (Å²) < 4.78 is 16.7. The number of rotatable bonds is 45. The lowest BCUT2D eigenvalue weighted by Gasteiger charge is -2.18. The van der Waals surface area contributed by atoms with Crippen molar-refractivity contribution in [2.24, 2.45) is 0 Å². The van der Waals surface area contributed by atoms with Gasteiger partial charge in [-0.1, -0.05) is 189 Å². The van der Waals surface area contributed by atoms with E-state index in [1.165, 1.54) is 51.4 Å². The van der Waals surface area contributed by atoms with Crippen LogP contribution in [0.1, 0.15) is 226 Å². The SMILES string of the molecule is CC/C=C\C/C=C\C/C=C\C/C=C\CCCCCCCCC(=O)OCC(COC(=O)CCCCCCC/C=C\CCCCCC)OC(=O)CCCCC/C=C\C/C=C\C/C=C\CC. The molecule has 358 valence electrons. The van der Waals surface area contributed by atoms with Crippen molar-refractivity contribution in [2.75, 3.05) is 13.2 Å². The standard InChI is InChI=1S/C57H94O6/c1-4-7-10-13-16-19-22-25-26-27-28-29-30-33-35-38-41-44-47-50-56(59)62-53-54(63-57(60)51-48-45-42-39-36-32-24-21-18-15-12-9-6-3)52-61-55(58)49-46-43-40-37-34-31-23-20-17-14-11-8-5-2/h7,9-10,12,16,18-21,23,25-26,28-29,32,36,54H,4-6,8,11,13-15,17,22,24,27,30-31,33-35,37-53H2,1-3H3/b10-7-,12-9-,19-16-,21-18-,23-20-,26-25-,29-28-,36-32-. The molecule has 0 aliphatic rings. The molecule has 0 N–H and O–H groups in total. The summed E-state index contributed by atoms with van der Waals surface area (Å²) >= 11 is 0. The van der Waals surface area contributed by atoms with Crippen LogP contribution in [0.3, 0.4) is 0 Å². The molecule has 0 saturated carbocycles. The first-order chi connectivity index (χ1) is 31.0. The molecule has 0 amide bonds. The maximum absolute atomic E-state index is 12.8. The van der Waals surface area contributed by atoms with Gasteiger partial charge in [0.15, 0.2) is 6.10 Å². The van der Waals surface area contributed by atoms with Crippen molar-refractivity contribution in [3.05, 3.63) is 97.2 Å². The van der Waals surface area contributed by atoms with E-state index in [1.54, 1.807) is 0 Å². The maximum atomic E-state index is 12.8. The molecule has 0 heterocycles. The van der Waals surface area contributed by atoms with E-state index >= 15 is 0 Å². The molecule has 0 fully saturated rings. The van der Waals surface area contributed by atoms with E-state index in [9.17, 15) is 14.4 Å². The van der Waals surface area contributed by atoms with Crippen molar-refractivity contribution in [1.29, 1.82) is 0 Å². The van der Waals surface area contributed by atoms with E-state index in [2.05, 4.69) is 118 Å². The van der Waals surface area contributed by atoms with Gasteiger partial charge in [-0.3, -0.25) is 14.4 Å². The number of ether oxygens (including phenoxy) is 3. The van der Waals surface area contributed by atoms with Gasteiger partial charge in [0.25, 0.3) is 0 Å². The maximum Gasteiger partial charge on any atom is 0.306 e. The topological polar surface area (TPSA) is 78.9 Å². The van der Waals surface area contributed by atoms with Crippen LogP contribution >= 0.6 is 0 Å². The summed E-state index contributed by atoms with van der Waals surface area (Å²) in [6.07, 6.45) is 66.7. The third-order valence-corrected chi connectivity index (χ3v) is 10.6. The molecular formula is C57H94O6. The average molecular weight is 875 g/mol. The Labute approximate surface area is 387 Å². The molecule has 0 aliphatic heterocycles. The third kappa shape index (κ3) is 49.2. The lowest BCUT2D eigenvalue weighted by Crippen LogP contribution is -2.30. The molecule has 63 heavy (non-hydrogen) atoms. The van der Waals surface area contributed by atoms with Crippen LogP contribution in [0, 0.1) is 0 Å². The third-order valence-electron chi connectivity index (χ3n) is 10.6. The van der Waals surface area contributed by atoms with Crippen LogP contribution in [0.15, 0.2) is 97.2 Å². The number of hydrogen-bond acceptors (Lipinski definition) is 6. The largest absolute Gasteiger partial charge is 0.462 e. The molecule has 0 aromatic rings. The van der Waals surface area contributed by atoms with Crippen molar-refractivity contribution < 1.29 is 28.6 Å². The highest BCUT2D eigenvalue weighted by atomic mass is 16.6. The van der Waals surface area contributed by atoms with Crippen LogP contribution in [-0.4, -0.2) is 37.2 Å². The summed E-state index contributed by atoms with van der Waals surface area (Å²) in [5, 5.41) is 0. The number of carbonyl (C=O) groups excluding carboxylic acids is 3. The summed E-state index contributed by atoms with van der Waals surface area (Å²) in [5.41, 5.74) is 0. The minimum atomic E-state index is -0.802. The lowest BCUT2D eigenvalue weighted by molar-refractivity contribution is -0.167. The van der Waals surface area contributed by atoms with Gasteiger partial charge in [0.1, 0.15) is 13.2 Å². The van der Waals surface area contributed by atoms with Gasteiger partial charge < -0.3 is 14.2 Å². The fraction of sp³-hybridized carbons (Fsp3) is 0.667. The van der Waals surface area contributed by atoms with Crippen LogP contribution in [0.4, 0.5) is 0 Å². The first-order valence-corrected chi connectivity index (χ1v) is 25.7. The highest BCUT2D eigenvalue weighted by Crippen LogP contribution is 2.13. The van der Waals surface area contributed by atoms with E-state index < -0.39 is 6.10 Å². The molecule has 0 aromatic carbocycles. The molecule has 0 rings (SSSR count). The number of esters is 3. The van der Waals surface area contributed by atoms with Crippen molar-refractivity contribution in [3.63, 3.8) is 0 Å². The van der Waals surface area contributed by atoms with Gasteiger partial charge in [0.05, 0.1) is 0 Å². The van der Waals surface area contributed by atoms with Gasteiger partial charge in [-0.05, 0) is 116 Å².